The highest BCUT2D eigenvalue weighted by Crippen LogP contribution is 2.39. The molecule has 0 atom stereocenters. The summed E-state index contributed by atoms with van der Waals surface area (Å²) >= 11 is 0. The van der Waals surface area contributed by atoms with Crippen LogP contribution in [0, 0.1) is 0 Å². The van der Waals surface area contributed by atoms with E-state index in [-0.39, 0.29) is 0 Å². The van der Waals surface area contributed by atoms with Gasteiger partial charge in [-0.05, 0) is 67.8 Å². The molecule has 318 valence electrons. The van der Waals surface area contributed by atoms with Crippen LogP contribution in [0.25, 0.3) is 123 Å². The molecule has 4 nitrogen and oxygen atoms in total. The van der Waals surface area contributed by atoms with Gasteiger partial charge >= 0.3 is 0 Å². The number of pyridine rings is 1. The molecule has 0 aliphatic heterocycles. The molecular weight excluding hydrogens is 825 g/mol. The molecule has 2 heterocycles. The van der Waals surface area contributed by atoms with Crippen LogP contribution in [-0.4, -0.2) is 19.9 Å². The van der Waals surface area contributed by atoms with Crippen LogP contribution in [0.3, 0.4) is 0 Å². The lowest BCUT2D eigenvalue weighted by atomic mass is 9.92. The normalized spacial score (nSPS) is 11.2. The zero-order valence-electron chi connectivity index (χ0n) is 37.0. The van der Waals surface area contributed by atoms with Gasteiger partial charge in [0.15, 0.2) is 17.5 Å². The molecule has 0 bridgehead atoms. The van der Waals surface area contributed by atoms with E-state index in [2.05, 4.69) is 237 Å². The number of benzene rings is 10. The van der Waals surface area contributed by atoms with E-state index in [1.54, 1.807) is 0 Å². The van der Waals surface area contributed by atoms with Gasteiger partial charge in [0, 0.05) is 38.4 Å². The maximum Gasteiger partial charge on any atom is 0.164 e. The lowest BCUT2D eigenvalue weighted by molar-refractivity contribution is 1.07. The monoisotopic (exact) mass is 866 g/mol. The standard InChI is InChI=1S/C64H42N4/c1-4-14-43(15-5-1)45-26-28-47(29-27-45)48-34-40-53(41-35-48)63-66-62(52-38-32-46(33-39-52)44-16-6-2-7-17-44)67-64(68-63)55-21-12-20-54(42-55)49-30-36-50(37-31-49)56-23-13-24-58-60(56)57-22-10-11-25-59(57)65-61(58)51-18-8-3-9-19-51/h1-42H. The van der Waals surface area contributed by atoms with E-state index >= 15 is 0 Å². The average molecular weight is 867 g/mol. The lowest BCUT2D eigenvalue weighted by Crippen LogP contribution is -2.00. The van der Waals surface area contributed by atoms with E-state index in [4.69, 9.17) is 19.9 Å². The topological polar surface area (TPSA) is 51.6 Å². The summed E-state index contributed by atoms with van der Waals surface area (Å²) in [5.74, 6) is 1.85. The first kappa shape index (κ1) is 40.4. The summed E-state index contributed by atoms with van der Waals surface area (Å²) in [7, 11) is 0. The van der Waals surface area contributed by atoms with Crippen LogP contribution in [0.15, 0.2) is 255 Å². The molecule has 0 aliphatic carbocycles. The number of nitrogens with zero attached hydrogens (tertiary/aromatic N) is 4. The van der Waals surface area contributed by atoms with Crippen molar-refractivity contribution < 1.29 is 0 Å². The fourth-order valence-corrected chi connectivity index (χ4v) is 9.24. The Kier molecular flexibility index (Phi) is 10.5. The largest absolute Gasteiger partial charge is 0.247 e. The Balaban J connectivity index is 0.897. The molecule has 10 aromatic carbocycles. The van der Waals surface area contributed by atoms with Crippen molar-refractivity contribution in [1.29, 1.82) is 0 Å². The van der Waals surface area contributed by atoms with Crippen LogP contribution in [0.4, 0.5) is 0 Å². The van der Waals surface area contributed by atoms with Crippen LogP contribution in [-0.2, 0) is 0 Å². The number of fused-ring (bicyclic) bond motifs is 3. The van der Waals surface area contributed by atoms with E-state index in [9.17, 15) is 0 Å². The Morgan fingerprint density at radius 2 is 0.559 bits per heavy atom. The van der Waals surface area contributed by atoms with Gasteiger partial charge < -0.3 is 0 Å². The van der Waals surface area contributed by atoms with E-state index in [1.807, 2.05) is 18.2 Å². The molecule has 68 heavy (non-hydrogen) atoms. The van der Waals surface area contributed by atoms with Gasteiger partial charge in [-0.1, -0.05) is 243 Å². The zero-order chi connectivity index (χ0) is 45.2. The van der Waals surface area contributed by atoms with Gasteiger partial charge in [-0.25, -0.2) is 19.9 Å². The molecule has 0 saturated carbocycles. The summed E-state index contributed by atoms with van der Waals surface area (Å²) in [4.78, 5) is 20.6. The fourth-order valence-electron chi connectivity index (χ4n) is 9.24. The zero-order valence-corrected chi connectivity index (χ0v) is 37.0. The second-order valence-corrected chi connectivity index (χ2v) is 17.0. The minimum absolute atomic E-state index is 0.613. The Labute approximate surface area is 395 Å². The van der Waals surface area contributed by atoms with Crippen molar-refractivity contribution in [3.63, 3.8) is 0 Å². The minimum Gasteiger partial charge on any atom is -0.247 e. The molecule has 12 aromatic rings. The maximum absolute atomic E-state index is 5.17. The molecule has 0 fully saturated rings. The molecule has 0 radical (unpaired) electrons. The molecule has 2 aromatic heterocycles. The van der Waals surface area contributed by atoms with E-state index in [0.29, 0.717) is 17.5 Å². The smallest absolute Gasteiger partial charge is 0.164 e. The number of hydrogen-bond acceptors (Lipinski definition) is 4. The lowest BCUT2D eigenvalue weighted by Gasteiger charge is -2.14. The van der Waals surface area contributed by atoms with Crippen LogP contribution in [0.1, 0.15) is 0 Å². The first-order valence-electron chi connectivity index (χ1n) is 22.9. The Morgan fingerprint density at radius 1 is 0.206 bits per heavy atom. The highest BCUT2D eigenvalue weighted by molar-refractivity contribution is 6.17. The van der Waals surface area contributed by atoms with Gasteiger partial charge in [-0.2, -0.15) is 0 Å². The van der Waals surface area contributed by atoms with Crippen LogP contribution in [0.5, 0.6) is 0 Å². The Hall–Kier alpha value is -9.12. The molecule has 4 heteroatoms. The van der Waals surface area contributed by atoms with Gasteiger partial charge in [-0.15, -0.1) is 0 Å². The van der Waals surface area contributed by atoms with Crippen molar-refractivity contribution >= 4 is 21.7 Å². The predicted octanol–water partition coefficient (Wildman–Crippen LogP) is 16.6. The molecule has 0 spiro atoms. The molecule has 0 unspecified atom stereocenters. The predicted molar refractivity (Wildman–Crippen MR) is 282 cm³/mol. The first-order valence-corrected chi connectivity index (χ1v) is 22.9. The van der Waals surface area contributed by atoms with Crippen molar-refractivity contribution in [3.05, 3.63) is 255 Å². The number of aromatic nitrogens is 4. The SMILES string of the molecule is c1ccc(-c2ccc(-c3ccc(-c4nc(-c5ccc(-c6ccccc6)cc5)nc(-c5cccc(-c6ccc(-c7cccc8c(-c9ccccc9)nc9ccccc9c78)cc6)c5)n4)cc3)cc2)cc1. The van der Waals surface area contributed by atoms with Gasteiger partial charge in [-0.3, -0.25) is 0 Å². The van der Waals surface area contributed by atoms with E-state index < -0.39 is 0 Å². The van der Waals surface area contributed by atoms with Gasteiger partial charge in [0.25, 0.3) is 0 Å². The third-order valence-electron chi connectivity index (χ3n) is 12.8. The number of rotatable bonds is 9. The quantitative estimate of drug-likeness (QED) is 0.136. The molecule has 12 rings (SSSR count). The van der Waals surface area contributed by atoms with E-state index in [0.717, 1.165) is 83.2 Å². The number of hydrogen-bond donors (Lipinski definition) is 0. The van der Waals surface area contributed by atoms with Crippen LogP contribution >= 0.6 is 0 Å². The Morgan fingerprint density at radius 3 is 1.09 bits per heavy atom. The summed E-state index contributed by atoms with van der Waals surface area (Å²) in [5.41, 5.74) is 17.3. The fraction of sp³-hybridized carbons (Fsp3) is 0. The maximum atomic E-state index is 5.17. The molecule has 0 amide bonds. The third kappa shape index (κ3) is 7.91. The van der Waals surface area contributed by atoms with Gasteiger partial charge in [0.2, 0.25) is 0 Å². The molecule has 0 saturated heterocycles. The second-order valence-electron chi connectivity index (χ2n) is 17.0. The second kappa shape index (κ2) is 17.7. The summed E-state index contributed by atoms with van der Waals surface area (Å²) in [6.45, 7) is 0. The minimum atomic E-state index is 0.613. The van der Waals surface area contributed by atoms with Gasteiger partial charge in [0.1, 0.15) is 0 Å². The summed E-state index contributed by atoms with van der Waals surface area (Å²) < 4.78 is 0. The van der Waals surface area contributed by atoms with Gasteiger partial charge in [0.05, 0.1) is 11.2 Å². The Bertz CT molecular complexity index is 3720. The number of para-hydroxylation sites is 1. The molecule has 0 N–H and O–H groups in total. The van der Waals surface area contributed by atoms with Crippen LogP contribution < -0.4 is 0 Å². The van der Waals surface area contributed by atoms with Crippen LogP contribution in [0.2, 0.25) is 0 Å². The highest BCUT2D eigenvalue weighted by atomic mass is 15.0. The highest BCUT2D eigenvalue weighted by Gasteiger charge is 2.17. The van der Waals surface area contributed by atoms with Crippen molar-refractivity contribution in [1.82, 2.24) is 19.9 Å². The third-order valence-corrected chi connectivity index (χ3v) is 12.8. The van der Waals surface area contributed by atoms with Crippen molar-refractivity contribution in [2.24, 2.45) is 0 Å². The molecular formula is C64H42N4. The average Bonchev–Trinajstić information content (AvgIpc) is 3.43. The van der Waals surface area contributed by atoms with Crippen molar-refractivity contribution in [3.8, 4) is 101 Å². The first-order chi connectivity index (χ1) is 33.7. The molecule has 0 aliphatic rings. The summed E-state index contributed by atoms with van der Waals surface area (Å²) in [5, 5.41) is 3.48. The van der Waals surface area contributed by atoms with Crippen molar-refractivity contribution in [2.45, 2.75) is 0 Å². The van der Waals surface area contributed by atoms with Crippen molar-refractivity contribution in [2.75, 3.05) is 0 Å². The van der Waals surface area contributed by atoms with E-state index in [1.165, 1.54) is 22.1 Å². The summed E-state index contributed by atoms with van der Waals surface area (Å²) in [6, 6.07) is 89.5. The summed E-state index contributed by atoms with van der Waals surface area (Å²) in [6.07, 6.45) is 0.